The minimum atomic E-state index is 0.238. The monoisotopic (exact) mass is 428 g/mol. The number of hydrogen-bond acceptors (Lipinski definition) is 5. The number of anilines is 1. The Balaban J connectivity index is 1.34. The smallest absolute Gasteiger partial charge is 0.226 e. The van der Waals surface area contributed by atoms with E-state index in [1.807, 2.05) is 48.5 Å². The number of piperidine rings is 1. The number of aliphatic imine (C=N–C) groups is 1. The van der Waals surface area contributed by atoms with Crippen molar-refractivity contribution in [2.45, 2.75) is 32.4 Å². The largest absolute Gasteiger partial charge is 0.444 e. The van der Waals surface area contributed by atoms with Gasteiger partial charge in [0.2, 0.25) is 5.89 Å². The number of aromatic nitrogens is 1. The van der Waals surface area contributed by atoms with Crippen LogP contribution < -0.4 is 15.5 Å². The van der Waals surface area contributed by atoms with Crippen molar-refractivity contribution < 1.29 is 4.42 Å². The first-order valence-corrected chi connectivity index (χ1v) is 10.9. The molecule has 32 heavy (non-hydrogen) atoms. The van der Waals surface area contributed by atoms with Crippen LogP contribution in [0.5, 0.6) is 0 Å². The Morgan fingerprint density at radius 2 is 2.06 bits per heavy atom. The van der Waals surface area contributed by atoms with Crippen LogP contribution in [-0.4, -0.2) is 37.1 Å². The van der Waals surface area contributed by atoms with Crippen molar-refractivity contribution in [3.8, 4) is 17.5 Å². The zero-order valence-electron chi connectivity index (χ0n) is 18.5. The molecule has 1 aliphatic rings. The summed E-state index contributed by atoms with van der Waals surface area (Å²) in [6, 6.07) is 18.4. The van der Waals surface area contributed by atoms with E-state index in [-0.39, 0.29) is 6.04 Å². The molecule has 1 unspecified atom stereocenters. The number of nitrogens with zero attached hydrogens (tertiary/aromatic N) is 4. The maximum Gasteiger partial charge on any atom is 0.226 e. The predicted octanol–water partition coefficient (Wildman–Crippen LogP) is 3.86. The number of benzene rings is 2. The van der Waals surface area contributed by atoms with Crippen LogP contribution in [-0.2, 0) is 6.54 Å². The van der Waals surface area contributed by atoms with Crippen LogP contribution in [0.25, 0.3) is 11.5 Å². The number of para-hydroxylation sites is 1. The van der Waals surface area contributed by atoms with E-state index in [4.69, 9.17) is 4.42 Å². The van der Waals surface area contributed by atoms with Gasteiger partial charge in [-0.1, -0.05) is 29.8 Å². The van der Waals surface area contributed by atoms with Crippen molar-refractivity contribution >= 4 is 11.6 Å². The summed E-state index contributed by atoms with van der Waals surface area (Å²) in [7, 11) is 1.77. The van der Waals surface area contributed by atoms with Crippen LogP contribution in [0.4, 0.5) is 5.69 Å². The first kappa shape index (κ1) is 21.4. The molecule has 3 aromatic rings. The van der Waals surface area contributed by atoms with Gasteiger partial charge in [0, 0.05) is 31.7 Å². The molecule has 2 heterocycles. The molecule has 0 radical (unpaired) electrons. The van der Waals surface area contributed by atoms with E-state index in [1.54, 1.807) is 13.3 Å². The van der Waals surface area contributed by atoms with Gasteiger partial charge in [-0.05, 0) is 44.0 Å². The van der Waals surface area contributed by atoms with E-state index in [0.717, 1.165) is 48.8 Å². The van der Waals surface area contributed by atoms with E-state index in [0.29, 0.717) is 18.0 Å². The van der Waals surface area contributed by atoms with Crippen molar-refractivity contribution in [1.29, 1.82) is 5.26 Å². The van der Waals surface area contributed by atoms with Crippen LogP contribution in [0, 0.1) is 18.3 Å². The number of guanidine groups is 1. The van der Waals surface area contributed by atoms with Crippen molar-refractivity contribution in [1.82, 2.24) is 15.6 Å². The summed E-state index contributed by atoms with van der Waals surface area (Å²) in [6.45, 7) is 4.34. The summed E-state index contributed by atoms with van der Waals surface area (Å²) in [6.07, 6.45) is 3.78. The second kappa shape index (κ2) is 10.0. The Hall–Kier alpha value is -3.79. The van der Waals surface area contributed by atoms with Gasteiger partial charge in [-0.15, -0.1) is 0 Å². The van der Waals surface area contributed by atoms with Gasteiger partial charge in [-0.3, -0.25) is 4.99 Å². The molecule has 7 heteroatoms. The predicted molar refractivity (Wildman–Crippen MR) is 126 cm³/mol. The fourth-order valence-corrected chi connectivity index (χ4v) is 3.94. The maximum absolute atomic E-state index is 9.43. The molecule has 164 valence electrons. The molecule has 7 nitrogen and oxygen atoms in total. The molecule has 1 atom stereocenters. The average molecular weight is 429 g/mol. The SMILES string of the molecule is CN=C(NCc1coc(-c2ccc(C)cc2)n1)NC1CCCN(c2ccccc2C#N)C1. The first-order chi connectivity index (χ1) is 15.7. The maximum atomic E-state index is 9.43. The highest BCUT2D eigenvalue weighted by molar-refractivity contribution is 5.80. The molecule has 1 fully saturated rings. The topological polar surface area (TPSA) is 89.5 Å². The summed E-state index contributed by atoms with van der Waals surface area (Å²) in [5.74, 6) is 1.34. The van der Waals surface area contributed by atoms with Crippen LogP contribution in [0.2, 0.25) is 0 Å². The lowest BCUT2D eigenvalue weighted by atomic mass is 10.0. The van der Waals surface area contributed by atoms with Crippen molar-refractivity contribution in [2.75, 3.05) is 25.0 Å². The molecule has 0 amide bonds. The van der Waals surface area contributed by atoms with Crippen molar-refractivity contribution in [3.05, 3.63) is 71.6 Å². The normalized spacial score (nSPS) is 16.5. The quantitative estimate of drug-likeness (QED) is 0.474. The van der Waals surface area contributed by atoms with Gasteiger partial charge in [0.05, 0.1) is 23.5 Å². The van der Waals surface area contributed by atoms with Crippen molar-refractivity contribution in [2.24, 2.45) is 4.99 Å². The number of oxazole rings is 1. The molecule has 0 spiro atoms. The van der Waals surface area contributed by atoms with E-state index in [2.05, 4.69) is 38.5 Å². The van der Waals surface area contributed by atoms with E-state index >= 15 is 0 Å². The minimum absolute atomic E-state index is 0.238. The molecule has 1 aromatic heterocycles. The number of aryl methyl sites for hydroxylation is 1. The molecule has 2 aromatic carbocycles. The molecule has 1 saturated heterocycles. The van der Waals surface area contributed by atoms with Crippen LogP contribution >= 0.6 is 0 Å². The third-order valence-corrected chi connectivity index (χ3v) is 5.64. The summed E-state index contributed by atoms with van der Waals surface area (Å²) < 4.78 is 5.65. The Labute approximate surface area is 188 Å². The van der Waals surface area contributed by atoms with Gasteiger partial charge in [-0.25, -0.2) is 4.98 Å². The summed E-state index contributed by atoms with van der Waals surface area (Å²) in [5.41, 5.74) is 4.69. The second-order valence-electron chi connectivity index (χ2n) is 7.99. The highest BCUT2D eigenvalue weighted by Gasteiger charge is 2.22. The molecule has 0 aliphatic carbocycles. The van der Waals surface area contributed by atoms with Crippen LogP contribution in [0.3, 0.4) is 0 Å². The fourth-order valence-electron chi connectivity index (χ4n) is 3.94. The lowest BCUT2D eigenvalue weighted by Gasteiger charge is -2.35. The zero-order valence-corrected chi connectivity index (χ0v) is 18.5. The van der Waals surface area contributed by atoms with Gasteiger partial charge in [0.1, 0.15) is 12.3 Å². The first-order valence-electron chi connectivity index (χ1n) is 10.9. The average Bonchev–Trinajstić information content (AvgIpc) is 3.31. The molecule has 1 aliphatic heterocycles. The van der Waals surface area contributed by atoms with E-state index in [9.17, 15) is 5.26 Å². The highest BCUT2D eigenvalue weighted by Crippen LogP contribution is 2.23. The van der Waals surface area contributed by atoms with Gasteiger partial charge < -0.3 is 20.0 Å². The molecule has 4 rings (SSSR count). The summed E-state index contributed by atoms with van der Waals surface area (Å²) in [4.78, 5) is 11.2. The third kappa shape index (κ3) is 5.09. The Kier molecular flexibility index (Phi) is 6.71. The van der Waals surface area contributed by atoms with Gasteiger partial charge in [0.15, 0.2) is 5.96 Å². The Bertz CT molecular complexity index is 1110. The number of hydrogen-bond donors (Lipinski definition) is 2. The molecule has 0 bridgehead atoms. The number of nitrogens with one attached hydrogen (secondary N) is 2. The van der Waals surface area contributed by atoms with E-state index < -0.39 is 0 Å². The lowest BCUT2D eigenvalue weighted by molar-refractivity contribution is 0.467. The minimum Gasteiger partial charge on any atom is -0.444 e. The summed E-state index contributed by atoms with van der Waals surface area (Å²) in [5, 5.41) is 16.3. The lowest BCUT2D eigenvalue weighted by Crippen LogP contribution is -2.51. The standard InChI is InChI=1S/C25H28N6O/c1-18-9-11-19(12-10-18)24-29-22(17-32-24)15-28-25(27-2)30-21-7-5-13-31(16-21)23-8-4-3-6-20(23)14-26/h3-4,6,8-12,17,21H,5,7,13,15-16H2,1-2H3,(H2,27,28,30). The summed E-state index contributed by atoms with van der Waals surface area (Å²) >= 11 is 0. The highest BCUT2D eigenvalue weighted by atomic mass is 16.3. The number of rotatable bonds is 5. The number of nitriles is 1. The van der Waals surface area contributed by atoms with Gasteiger partial charge >= 0.3 is 0 Å². The molecule has 0 saturated carbocycles. The Morgan fingerprint density at radius 1 is 1.25 bits per heavy atom. The van der Waals surface area contributed by atoms with Crippen LogP contribution in [0.1, 0.15) is 29.7 Å². The zero-order chi connectivity index (χ0) is 22.3. The van der Waals surface area contributed by atoms with Gasteiger partial charge in [-0.2, -0.15) is 5.26 Å². The second-order valence-corrected chi connectivity index (χ2v) is 7.99. The van der Waals surface area contributed by atoms with Crippen molar-refractivity contribution in [3.63, 3.8) is 0 Å². The van der Waals surface area contributed by atoms with Gasteiger partial charge in [0.25, 0.3) is 0 Å². The van der Waals surface area contributed by atoms with Crippen LogP contribution in [0.15, 0.2) is 64.2 Å². The van der Waals surface area contributed by atoms with E-state index in [1.165, 1.54) is 5.56 Å². The molecule has 2 N–H and O–H groups in total. The molecular weight excluding hydrogens is 400 g/mol. The fraction of sp³-hybridized carbons (Fsp3) is 0.320. The Morgan fingerprint density at radius 3 is 2.84 bits per heavy atom. The third-order valence-electron chi connectivity index (χ3n) is 5.64. The molecular formula is C25H28N6O.